The molecule has 2 heterocycles. The number of rotatable bonds is 7. The second-order valence-electron chi connectivity index (χ2n) is 7.84. The average molecular weight is 472 g/mol. The molecule has 180 valence electrons. The fourth-order valence-electron chi connectivity index (χ4n) is 3.86. The number of nitrogens with zero attached hydrogens (tertiary/aromatic N) is 3. The molecule has 10 heteroatoms. The summed E-state index contributed by atoms with van der Waals surface area (Å²) in [6.45, 7) is 6.96. The lowest BCUT2D eigenvalue weighted by atomic mass is 10.0. The van der Waals surface area contributed by atoms with Gasteiger partial charge in [-0.25, -0.2) is 18.3 Å². The minimum atomic E-state index is -0.968. The fraction of sp³-hybridized carbons (Fsp3) is 0.333. The van der Waals surface area contributed by atoms with E-state index in [1.54, 1.807) is 9.75 Å². The van der Waals surface area contributed by atoms with E-state index in [4.69, 9.17) is 9.57 Å². The van der Waals surface area contributed by atoms with E-state index in [9.17, 15) is 13.6 Å². The van der Waals surface area contributed by atoms with Crippen LogP contribution in [0.1, 0.15) is 31.1 Å². The third kappa shape index (κ3) is 4.87. The van der Waals surface area contributed by atoms with Crippen molar-refractivity contribution in [3.63, 3.8) is 0 Å². The first-order valence-corrected chi connectivity index (χ1v) is 11.1. The number of likely N-dealkylation sites (N-methyl/N-ethyl adjacent to an activating group) is 1. The molecule has 0 saturated carbocycles. The van der Waals surface area contributed by atoms with Gasteiger partial charge in [0.2, 0.25) is 5.88 Å². The highest BCUT2D eigenvalue weighted by molar-refractivity contribution is 5.90. The Balaban J connectivity index is 1.57. The van der Waals surface area contributed by atoms with Crippen molar-refractivity contribution in [2.45, 2.75) is 32.9 Å². The SMILES string of the molecule is CCOc1nn(-c2ccccc2)c(NC(=O)N[C@@H]2CN(CC)O[C@H]2c2ccc(F)c(F)c2)c1C. The number of hydrogen-bond acceptors (Lipinski definition) is 5. The van der Waals surface area contributed by atoms with E-state index in [1.165, 1.54) is 6.07 Å². The Labute approximate surface area is 196 Å². The molecule has 3 aromatic rings. The monoisotopic (exact) mass is 471 g/mol. The lowest BCUT2D eigenvalue weighted by Crippen LogP contribution is -2.42. The van der Waals surface area contributed by atoms with Crippen LogP contribution in [0.15, 0.2) is 48.5 Å². The molecule has 2 aromatic carbocycles. The number of para-hydroxylation sites is 1. The van der Waals surface area contributed by atoms with Crippen molar-refractivity contribution in [3.05, 3.63) is 71.3 Å². The number of amides is 2. The normalized spacial score (nSPS) is 18.1. The molecule has 0 bridgehead atoms. The summed E-state index contributed by atoms with van der Waals surface area (Å²) in [7, 11) is 0. The number of carbonyl (C=O) groups excluding carboxylic acids is 1. The molecule has 0 radical (unpaired) electrons. The number of carbonyl (C=O) groups is 1. The van der Waals surface area contributed by atoms with E-state index in [0.29, 0.717) is 42.5 Å². The van der Waals surface area contributed by atoms with Crippen LogP contribution in [-0.2, 0) is 4.84 Å². The number of hydrogen-bond donors (Lipinski definition) is 2. The molecule has 4 rings (SSSR count). The summed E-state index contributed by atoms with van der Waals surface area (Å²) < 4.78 is 34.5. The second-order valence-corrected chi connectivity index (χ2v) is 7.84. The first kappa shape index (κ1) is 23.7. The lowest BCUT2D eigenvalue weighted by Gasteiger charge is -2.19. The third-order valence-corrected chi connectivity index (χ3v) is 5.56. The van der Waals surface area contributed by atoms with Crippen LogP contribution >= 0.6 is 0 Å². The molecule has 2 N–H and O–H groups in total. The summed E-state index contributed by atoms with van der Waals surface area (Å²) in [5.41, 5.74) is 1.87. The third-order valence-electron chi connectivity index (χ3n) is 5.56. The molecule has 2 amide bonds. The standard InChI is InChI=1S/C24H27F2N5O3/c1-4-30-14-20(21(34-30)16-11-12-18(25)19(26)13-16)27-24(32)28-22-15(3)23(33-5-2)29-31(22)17-9-7-6-8-10-17/h6-13,20-21H,4-5,14H2,1-3H3,(H2,27,28,32)/t20-,21+/m1/s1. The molecule has 34 heavy (non-hydrogen) atoms. The molecular weight excluding hydrogens is 444 g/mol. The van der Waals surface area contributed by atoms with Crippen molar-refractivity contribution in [3.8, 4) is 11.6 Å². The molecule has 1 saturated heterocycles. The molecule has 2 atom stereocenters. The van der Waals surface area contributed by atoms with E-state index in [0.717, 1.165) is 17.8 Å². The highest BCUT2D eigenvalue weighted by atomic mass is 19.2. The predicted molar refractivity (Wildman–Crippen MR) is 123 cm³/mol. The van der Waals surface area contributed by atoms with Crippen LogP contribution in [0.3, 0.4) is 0 Å². The zero-order valence-electron chi connectivity index (χ0n) is 19.2. The smallest absolute Gasteiger partial charge is 0.320 e. The van der Waals surface area contributed by atoms with Gasteiger partial charge in [-0.05, 0) is 43.7 Å². The Morgan fingerprint density at radius 3 is 2.62 bits per heavy atom. The minimum Gasteiger partial charge on any atom is -0.477 e. The van der Waals surface area contributed by atoms with Crippen LogP contribution < -0.4 is 15.4 Å². The first-order chi connectivity index (χ1) is 16.4. The maximum atomic E-state index is 13.8. The van der Waals surface area contributed by atoms with Crippen molar-refractivity contribution >= 4 is 11.8 Å². The van der Waals surface area contributed by atoms with Crippen molar-refractivity contribution in [1.29, 1.82) is 0 Å². The van der Waals surface area contributed by atoms with Gasteiger partial charge in [0, 0.05) is 13.1 Å². The van der Waals surface area contributed by atoms with Crippen LogP contribution in [0.5, 0.6) is 5.88 Å². The topological polar surface area (TPSA) is 80.6 Å². The largest absolute Gasteiger partial charge is 0.477 e. The molecule has 1 fully saturated rings. The Bertz CT molecular complexity index is 1160. The van der Waals surface area contributed by atoms with E-state index >= 15 is 0 Å². The number of hydroxylamine groups is 2. The first-order valence-electron chi connectivity index (χ1n) is 11.1. The van der Waals surface area contributed by atoms with Gasteiger partial charge in [0.15, 0.2) is 11.6 Å². The molecule has 8 nitrogen and oxygen atoms in total. The summed E-state index contributed by atoms with van der Waals surface area (Å²) in [5, 5.41) is 11.9. The molecule has 1 aromatic heterocycles. The zero-order chi connectivity index (χ0) is 24.2. The summed E-state index contributed by atoms with van der Waals surface area (Å²) in [5.74, 6) is -1.03. The maximum Gasteiger partial charge on any atom is 0.320 e. The average Bonchev–Trinajstić information content (AvgIpc) is 3.38. The van der Waals surface area contributed by atoms with Gasteiger partial charge >= 0.3 is 6.03 Å². The zero-order valence-corrected chi connectivity index (χ0v) is 19.2. The van der Waals surface area contributed by atoms with E-state index in [1.807, 2.05) is 51.1 Å². The lowest BCUT2D eigenvalue weighted by molar-refractivity contribution is -0.144. The van der Waals surface area contributed by atoms with Crippen LogP contribution in [-0.4, -0.2) is 46.6 Å². The van der Waals surface area contributed by atoms with Gasteiger partial charge in [-0.3, -0.25) is 10.2 Å². The van der Waals surface area contributed by atoms with Crippen molar-refractivity contribution in [1.82, 2.24) is 20.2 Å². The molecule has 1 aliphatic heterocycles. The highest BCUT2D eigenvalue weighted by Gasteiger charge is 2.36. The van der Waals surface area contributed by atoms with Crippen molar-refractivity contribution in [2.75, 3.05) is 25.0 Å². The molecule has 1 aliphatic rings. The Hall–Kier alpha value is -3.50. The molecule has 0 spiro atoms. The van der Waals surface area contributed by atoms with Crippen LogP contribution in [0.25, 0.3) is 5.69 Å². The number of anilines is 1. The highest BCUT2D eigenvalue weighted by Crippen LogP contribution is 2.31. The summed E-state index contributed by atoms with van der Waals surface area (Å²) in [4.78, 5) is 18.9. The number of ether oxygens (including phenoxy) is 1. The number of urea groups is 1. The van der Waals surface area contributed by atoms with E-state index in [2.05, 4.69) is 15.7 Å². The summed E-state index contributed by atoms with van der Waals surface area (Å²) in [6, 6.07) is 12.0. The molecule has 0 unspecified atom stereocenters. The fourth-order valence-corrected chi connectivity index (χ4v) is 3.86. The Morgan fingerprint density at radius 1 is 1.18 bits per heavy atom. The Kier molecular flexibility index (Phi) is 7.09. The minimum absolute atomic E-state index is 0.384. The van der Waals surface area contributed by atoms with Gasteiger partial charge in [-0.15, -0.1) is 5.10 Å². The van der Waals surface area contributed by atoms with Crippen LogP contribution in [0, 0.1) is 18.6 Å². The van der Waals surface area contributed by atoms with Crippen molar-refractivity contribution in [2.24, 2.45) is 0 Å². The quantitative estimate of drug-likeness (QED) is 0.535. The summed E-state index contributed by atoms with van der Waals surface area (Å²) in [6.07, 6.45) is -0.667. The predicted octanol–water partition coefficient (Wildman–Crippen LogP) is 4.36. The van der Waals surface area contributed by atoms with Gasteiger partial charge in [0.05, 0.1) is 23.9 Å². The summed E-state index contributed by atoms with van der Waals surface area (Å²) >= 11 is 0. The number of benzene rings is 2. The second kappa shape index (κ2) is 10.2. The number of aromatic nitrogens is 2. The molecule has 0 aliphatic carbocycles. The van der Waals surface area contributed by atoms with E-state index in [-0.39, 0.29) is 0 Å². The van der Waals surface area contributed by atoms with Gasteiger partial charge < -0.3 is 10.1 Å². The Morgan fingerprint density at radius 2 is 1.94 bits per heavy atom. The maximum absolute atomic E-state index is 13.8. The van der Waals surface area contributed by atoms with E-state index < -0.39 is 29.8 Å². The van der Waals surface area contributed by atoms with Gasteiger partial charge in [-0.1, -0.05) is 31.2 Å². The van der Waals surface area contributed by atoms with Crippen LogP contribution in [0.2, 0.25) is 0 Å². The molecular formula is C24H27F2N5O3. The van der Waals surface area contributed by atoms with Crippen molar-refractivity contribution < 1.29 is 23.1 Å². The van der Waals surface area contributed by atoms with Gasteiger partial charge in [0.25, 0.3) is 0 Å². The number of nitrogens with one attached hydrogen (secondary N) is 2. The van der Waals surface area contributed by atoms with Gasteiger partial charge in [-0.2, -0.15) is 5.06 Å². The van der Waals surface area contributed by atoms with Crippen LogP contribution in [0.4, 0.5) is 19.4 Å². The van der Waals surface area contributed by atoms with Gasteiger partial charge in [0.1, 0.15) is 11.9 Å². The number of halogens is 2.